The van der Waals surface area contributed by atoms with E-state index in [4.69, 9.17) is 0 Å². The molecular formula is C27H22FN7O3S. The van der Waals surface area contributed by atoms with Crippen LogP contribution in [0, 0.1) is 12.7 Å². The number of rotatable bonds is 7. The maximum atomic E-state index is 13.5. The number of benzene rings is 2. The number of carbonyl (C=O) groups is 1. The van der Waals surface area contributed by atoms with Crippen LogP contribution in [0.2, 0.25) is 0 Å². The molecule has 0 unspecified atom stereocenters. The van der Waals surface area contributed by atoms with Crippen LogP contribution in [0.4, 0.5) is 21.7 Å². The standard InChI is InChI=1S/C27H22FN7O3S/c1-16-5-10-20(14-22(16)33-26-30-13-11-21(32-26)18-4-3-12-29-15-18)31-25(36)24-23(17-6-8-19(28)9-7-17)34-27(35-24)39(2,37)38/h3-15H,1-2H3,(H,31,36)(H,34,35)(H,30,32,33). The van der Waals surface area contributed by atoms with E-state index in [1.807, 2.05) is 19.1 Å². The van der Waals surface area contributed by atoms with Gasteiger partial charge in [-0.3, -0.25) is 9.78 Å². The Hall–Kier alpha value is -4.97. The molecule has 0 radical (unpaired) electrons. The Kier molecular flexibility index (Phi) is 6.86. The Bertz CT molecular complexity index is 1770. The topological polar surface area (TPSA) is 143 Å². The normalized spacial score (nSPS) is 11.3. The van der Waals surface area contributed by atoms with Crippen molar-refractivity contribution in [2.24, 2.45) is 0 Å². The summed E-state index contributed by atoms with van der Waals surface area (Å²) in [6, 6.07) is 16.0. The Morgan fingerprint density at radius 1 is 0.974 bits per heavy atom. The summed E-state index contributed by atoms with van der Waals surface area (Å²) in [5, 5.41) is 5.56. The molecule has 3 aromatic heterocycles. The van der Waals surface area contributed by atoms with Gasteiger partial charge in [0.25, 0.3) is 5.91 Å². The quantitative estimate of drug-likeness (QED) is 0.266. The van der Waals surface area contributed by atoms with Crippen molar-refractivity contribution in [3.8, 4) is 22.5 Å². The van der Waals surface area contributed by atoms with Gasteiger partial charge in [-0.15, -0.1) is 0 Å². The van der Waals surface area contributed by atoms with Crippen LogP contribution in [0.25, 0.3) is 22.5 Å². The van der Waals surface area contributed by atoms with E-state index in [-0.39, 0.29) is 16.5 Å². The lowest BCUT2D eigenvalue weighted by Crippen LogP contribution is -2.14. The van der Waals surface area contributed by atoms with Gasteiger partial charge in [0.2, 0.25) is 20.9 Å². The number of nitrogens with one attached hydrogen (secondary N) is 3. The summed E-state index contributed by atoms with van der Waals surface area (Å²) < 4.78 is 37.7. The summed E-state index contributed by atoms with van der Waals surface area (Å²) >= 11 is 0. The predicted octanol–water partition coefficient (Wildman–Crippen LogP) is 4.78. The van der Waals surface area contributed by atoms with Crippen LogP contribution in [-0.2, 0) is 9.84 Å². The zero-order valence-corrected chi connectivity index (χ0v) is 21.6. The molecule has 0 spiro atoms. The van der Waals surface area contributed by atoms with Crippen molar-refractivity contribution in [3.05, 3.63) is 96.3 Å². The summed E-state index contributed by atoms with van der Waals surface area (Å²) in [6.07, 6.45) is 6.00. The van der Waals surface area contributed by atoms with Crippen LogP contribution in [0.3, 0.4) is 0 Å². The smallest absolute Gasteiger partial charge is 0.276 e. The SMILES string of the molecule is Cc1ccc(NC(=O)c2nc(S(C)(=O)=O)[nH]c2-c2ccc(F)cc2)cc1Nc1nccc(-c2cccnc2)n1. The van der Waals surface area contributed by atoms with E-state index in [1.165, 1.54) is 24.3 Å². The van der Waals surface area contributed by atoms with Crippen molar-refractivity contribution in [2.75, 3.05) is 16.9 Å². The van der Waals surface area contributed by atoms with Crippen molar-refractivity contribution >= 4 is 33.1 Å². The third kappa shape index (κ3) is 5.80. The number of pyridine rings is 1. The van der Waals surface area contributed by atoms with Gasteiger partial charge in [0.15, 0.2) is 5.69 Å². The average molecular weight is 544 g/mol. The van der Waals surface area contributed by atoms with Crippen LogP contribution in [-0.4, -0.2) is 45.5 Å². The molecule has 196 valence electrons. The van der Waals surface area contributed by atoms with E-state index in [9.17, 15) is 17.6 Å². The number of amides is 1. The molecule has 12 heteroatoms. The maximum Gasteiger partial charge on any atom is 0.276 e. The number of carbonyl (C=O) groups excluding carboxylic acids is 1. The Labute approximate surface area is 223 Å². The summed E-state index contributed by atoms with van der Waals surface area (Å²) in [6.45, 7) is 1.89. The number of aromatic nitrogens is 5. The van der Waals surface area contributed by atoms with Crippen LogP contribution >= 0.6 is 0 Å². The second-order valence-electron chi connectivity index (χ2n) is 8.66. The van der Waals surface area contributed by atoms with Gasteiger partial charge in [0.05, 0.1) is 11.4 Å². The summed E-state index contributed by atoms with van der Waals surface area (Å²) in [7, 11) is -3.75. The number of sulfone groups is 1. The van der Waals surface area contributed by atoms with Crippen LogP contribution < -0.4 is 10.6 Å². The van der Waals surface area contributed by atoms with Crippen LogP contribution in [0.1, 0.15) is 16.1 Å². The van der Waals surface area contributed by atoms with Gasteiger partial charge < -0.3 is 15.6 Å². The lowest BCUT2D eigenvalue weighted by molar-refractivity contribution is 0.102. The number of halogens is 1. The first-order valence-electron chi connectivity index (χ1n) is 11.7. The van der Waals surface area contributed by atoms with Crippen molar-refractivity contribution in [2.45, 2.75) is 12.1 Å². The molecule has 1 amide bonds. The highest BCUT2D eigenvalue weighted by Crippen LogP contribution is 2.27. The van der Waals surface area contributed by atoms with Crippen molar-refractivity contribution in [3.63, 3.8) is 0 Å². The molecule has 39 heavy (non-hydrogen) atoms. The minimum atomic E-state index is -3.75. The number of hydrogen-bond donors (Lipinski definition) is 3. The third-order valence-corrected chi connectivity index (χ3v) is 6.63. The highest BCUT2D eigenvalue weighted by Gasteiger charge is 2.23. The number of nitrogens with zero attached hydrogens (tertiary/aromatic N) is 4. The number of aryl methyl sites for hydroxylation is 1. The van der Waals surface area contributed by atoms with Gasteiger partial charge in [-0.1, -0.05) is 6.07 Å². The molecule has 0 bridgehead atoms. The highest BCUT2D eigenvalue weighted by molar-refractivity contribution is 7.90. The first-order valence-corrected chi connectivity index (χ1v) is 13.5. The Morgan fingerprint density at radius 2 is 1.77 bits per heavy atom. The molecule has 2 aromatic carbocycles. The van der Waals surface area contributed by atoms with Gasteiger partial charge in [-0.05, 0) is 67.1 Å². The van der Waals surface area contributed by atoms with Gasteiger partial charge in [0, 0.05) is 47.3 Å². The minimum Gasteiger partial charge on any atom is -0.328 e. The van der Waals surface area contributed by atoms with E-state index in [1.54, 1.807) is 42.9 Å². The number of aromatic amines is 1. The molecule has 0 aliphatic heterocycles. The fraction of sp³-hybridized carbons (Fsp3) is 0.0741. The average Bonchev–Trinajstić information content (AvgIpc) is 3.38. The summed E-state index contributed by atoms with van der Waals surface area (Å²) in [4.78, 5) is 32.9. The molecule has 5 aromatic rings. The van der Waals surface area contributed by atoms with Gasteiger partial charge in [0.1, 0.15) is 5.82 Å². The molecule has 3 N–H and O–H groups in total. The Morgan fingerprint density at radius 3 is 2.49 bits per heavy atom. The number of anilines is 3. The summed E-state index contributed by atoms with van der Waals surface area (Å²) in [5.74, 6) is -0.765. The zero-order valence-electron chi connectivity index (χ0n) is 20.8. The highest BCUT2D eigenvalue weighted by atomic mass is 32.2. The first kappa shape index (κ1) is 25.7. The molecule has 0 atom stereocenters. The molecule has 3 heterocycles. The van der Waals surface area contributed by atoms with E-state index >= 15 is 0 Å². The molecule has 0 saturated heterocycles. The molecular weight excluding hydrogens is 521 g/mol. The van der Waals surface area contributed by atoms with Crippen LogP contribution in [0.5, 0.6) is 0 Å². The van der Waals surface area contributed by atoms with E-state index < -0.39 is 21.6 Å². The fourth-order valence-electron chi connectivity index (χ4n) is 3.76. The van der Waals surface area contributed by atoms with Crippen LogP contribution in [0.15, 0.2) is 84.4 Å². The molecule has 5 rings (SSSR count). The molecule has 0 fully saturated rings. The van der Waals surface area contributed by atoms with Gasteiger partial charge in [-0.25, -0.2) is 27.8 Å². The monoisotopic (exact) mass is 543 g/mol. The van der Waals surface area contributed by atoms with Gasteiger partial charge >= 0.3 is 0 Å². The van der Waals surface area contributed by atoms with Crippen molar-refractivity contribution in [1.29, 1.82) is 0 Å². The van der Waals surface area contributed by atoms with E-state index in [0.717, 1.165) is 17.4 Å². The summed E-state index contributed by atoms with van der Waals surface area (Å²) in [5.41, 5.74) is 3.87. The maximum absolute atomic E-state index is 13.5. The molecule has 10 nitrogen and oxygen atoms in total. The van der Waals surface area contributed by atoms with E-state index in [2.05, 4.69) is 35.6 Å². The Balaban J connectivity index is 1.42. The number of H-pyrrole nitrogens is 1. The largest absolute Gasteiger partial charge is 0.328 e. The van der Waals surface area contributed by atoms with Crippen molar-refractivity contribution in [1.82, 2.24) is 24.9 Å². The second kappa shape index (κ2) is 10.4. The predicted molar refractivity (Wildman–Crippen MR) is 145 cm³/mol. The van der Waals surface area contributed by atoms with Crippen molar-refractivity contribution < 1.29 is 17.6 Å². The van der Waals surface area contributed by atoms with Gasteiger partial charge in [-0.2, -0.15) is 0 Å². The number of imidazole rings is 1. The molecule has 0 aliphatic carbocycles. The number of hydrogen-bond acceptors (Lipinski definition) is 8. The molecule has 0 aliphatic rings. The first-order chi connectivity index (χ1) is 18.7. The zero-order chi connectivity index (χ0) is 27.6. The minimum absolute atomic E-state index is 0.148. The second-order valence-corrected chi connectivity index (χ2v) is 10.6. The third-order valence-electron chi connectivity index (χ3n) is 5.74. The fourth-order valence-corrected chi connectivity index (χ4v) is 4.30. The van der Waals surface area contributed by atoms with E-state index in [0.29, 0.717) is 28.6 Å². The lowest BCUT2D eigenvalue weighted by Gasteiger charge is -2.12. The lowest BCUT2D eigenvalue weighted by atomic mass is 10.1. The molecule has 0 saturated carbocycles.